The number of hydrogen-bond donors (Lipinski definition) is 2. The number of hydrogen-bond acceptors (Lipinski definition) is 5. The highest BCUT2D eigenvalue weighted by Crippen LogP contribution is 2.27. The summed E-state index contributed by atoms with van der Waals surface area (Å²) in [5.74, 6) is 0.165. The van der Waals surface area contributed by atoms with Crippen LogP contribution in [0.5, 0.6) is 11.5 Å². The van der Waals surface area contributed by atoms with Crippen molar-refractivity contribution in [2.75, 3.05) is 19.5 Å². The number of amides is 2. The Morgan fingerprint density at radius 1 is 1.04 bits per heavy atom. The molecule has 0 atom stereocenters. The minimum absolute atomic E-state index is 0.0226. The number of nitrogens with zero attached hydrogens (tertiary/aromatic N) is 1. The summed E-state index contributed by atoms with van der Waals surface area (Å²) in [5.41, 5.74) is 3.60. The van der Waals surface area contributed by atoms with Crippen LogP contribution in [0.3, 0.4) is 0 Å². The van der Waals surface area contributed by atoms with Gasteiger partial charge >= 0.3 is 0 Å². The highest BCUT2D eigenvalue weighted by Gasteiger charge is 2.11. The maximum atomic E-state index is 12.2. The molecule has 0 aliphatic heterocycles. The smallest absolute Gasteiger partial charge is 0.271 e. The van der Waals surface area contributed by atoms with Crippen molar-refractivity contribution in [2.24, 2.45) is 5.10 Å². The van der Waals surface area contributed by atoms with Gasteiger partial charge in [-0.05, 0) is 43.3 Å². The quantitative estimate of drug-likeness (QED) is 0.517. The Balaban J connectivity index is 1.96. The van der Waals surface area contributed by atoms with Gasteiger partial charge in [0, 0.05) is 16.3 Å². The Morgan fingerprint density at radius 2 is 1.75 bits per heavy atom. The van der Waals surface area contributed by atoms with Gasteiger partial charge < -0.3 is 14.8 Å². The Bertz CT molecular complexity index is 916. The van der Waals surface area contributed by atoms with E-state index in [4.69, 9.17) is 32.7 Å². The zero-order valence-corrected chi connectivity index (χ0v) is 17.0. The van der Waals surface area contributed by atoms with E-state index in [9.17, 15) is 9.59 Å². The second kappa shape index (κ2) is 9.96. The van der Waals surface area contributed by atoms with Crippen molar-refractivity contribution in [2.45, 2.75) is 13.3 Å². The lowest BCUT2D eigenvalue weighted by Crippen LogP contribution is -2.21. The lowest BCUT2D eigenvalue weighted by Gasteiger charge is -2.09. The van der Waals surface area contributed by atoms with Crippen molar-refractivity contribution >= 4 is 46.4 Å². The first-order chi connectivity index (χ1) is 13.3. The topological polar surface area (TPSA) is 89.0 Å². The zero-order valence-electron chi connectivity index (χ0n) is 15.5. The highest BCUT2D eigenvalue weighted by molar-refractivity contribution is 6.36. The van der Waals surface area contributed by atoms with E-state index in [0.29, 0.717) is 38.5 Å². The van der Waals surface area contributed by atoms with Crippen molar-refractivity contribution in [1.82, 2.24) is 5.43 Å². The number of nitrogens with one attached hydrogen (secondary N) is 2. The minimum Gasteiger partial charge on any atom is -0.493 e. The maximum Gasteiger partial charge on any atom is 0.271 e. The molecule has 2 amide bonds. The van der Waals surface area contributed by atoms with Crippen LogP contribution in [0.2, 0.25) is 10.0 Å². The molecule has 9 heteroatoms. The van der Waals surface area contributed by atoms with E-state index >= 15 is 0 Å². The Kier molecular flexibility index (Phi) is 7.66. The standard InChI is InChI=1S/C19H19Cl2N3O4/c1-11(8-18(25)22-15-6-5-13(20)10-14(15)21)23-24-19(26)12-4-7-16(27-2)17(9-12)28-3/h4-7,9-10H,8H2,1-3H3,(H,22,25)(H,24,26). The summed E-state index contributed by atoms with van der Waals surface area (Å²) in [6, 6.07) is 9.49. The van der Waals surface area contributed by atoms with E-state index in [0.717, 1.165) is 0 Å². The van der Waals surface area contributed by atoms with Gasteiger partial charge in [0.05, 0.1) is 31.4 Å². The van der Waals surface area contributed by atoms with Gasteiger partial charge in [-0.1, -0.05) is 23.2 Å². The third kappa shape index (κ3) is 5.87. The summed E-state index contributed by atoms with van der Waals surface area (Å²) in [6.45, 7) is 1.62. The molecule has 0 aliphatic rings. The predicted octanol–water partition coefficient (Wildman–Crippen LogP) is 4.15. The van der Waals surface area contributed by atoms with Crippen molar-refractivity contribution < 1.29 is 19.1 Å². The van der Waals surface area contributed by atoms with E-state index in [-0.39, 0.29) is 12.3 Å². The van der Waals surface area contributed by atoms with Gasteiger partial charge in [-0.25, -0.2) is 5.43 Å². The molecular weight excluding hydrogens is 405 g/mol. The van der Waals surface area contributed by atoms with E-state index in [1.54, 1.807) is 31.2 Å². The number of carbonyl (C=O) groups is 2. The third-order valence-corrected chi connectivity index (χ3v) is 4.16. The van der Waals surface area contributed by atoms with Gasteiger partial charge in [0.25, 0.3) is 5.91 Å². The minimum atomic E-state index is -0.443. The summed E-state index contributed by atoms with van der Waals surface area (Å²) in [4.78, 5) is 24.3. The molecule has 0 saturated heterocycles. The molecule has 0 aliphatic carbocycles. The van der Waals surface area contributed by atoms with Gasteiger partial charge in [0.1, 0.15) is 0 Å². The number of rotatable bonds is 7. The second-order valence-corrected chi connectivity index (χ2v) is 6.55. The molecule has 0 unspecified atom stereocenters. The van der Waals surface area contributed by atoms with Crippen LogP contribution < -0.4 is 20.2 Å². The normalized spacial score (nSPS) is 11.0. The first-order valence-electron chi connectivity index (χ1n) is 8.14. The van der Waals surface area contributed by atoms with Crippen LogP contribution in [0.25, 0.3) is 0 Å². The monoisotopic (exact) mass is 423 g/mol. The fraction of sp³-hybridized carbons (Fsp3) is 0.211. The highest BCUT2D eigenvalue weighted by atomic mass is 35.5. The van der Waals surface area contributed by atoms with E-state index in [1.807, 2.05) is 0 Å². The molecule has 0 aromatic heterocycles. The molecule has 0 radical (unpaired) electrons. The van der Waals surface area contributed by atoms with Crippen molar-refractivity contribution in [3.05, 3.63) is 52.0 Å². The predicted molar refractivity (Wildman–Crippen MR) is 110 cm³/mol. The largest absolute Gasteiger partial charge is 0.493 e. The Morgan fingerprint density at radius 3 is 2.39 bits per heavy atom. The van der Waals surface area contributed by atoms with Crippen LogP contribution in [0.1, 0.15) is 23.7 Å². The summed E-state index contributed by atoms with van der Waals surface area (Å²) in [7, 11) is 2.99. The number of benzene rings is 2. The van der Waals surface area contributed by atoms with E-state index in [2.05, 4.69) is 15.8 Å². The Labute approximate surface area is 172 Å². The molecule has 148 valence electrons. The number of anilines is 1. The van der Waals surface area contributed by atoms with Gasteiger partial charge in [0.2, 0.25) is 5.91 Å². The van der Waals surface area contributed by atoms with Crippen molar-refractivity contribution in [3.8, 4) is 11.5 Å². The molecule has 0 heterocycles. The fourth-order valence-electron chi connectivity index (χ4n) is 2.25. The molecule has 7 nitrogen and oxygen atoms in total. The molecular formula is C19H19Cl2N3O4. The average molecular weight is 424 g/mol. The number of carbonyl (C=O) groups excluding carboxylic acids is 2. The number of hydrazone groups is 1. The second-order valence-electron chi connectivity index (χ2n) is 5.71. The van der Waals surface area contributed by atoms with Crippen LogP contribution in [0.4, 0.5) is 5.69 Å². The molecule has 2 aromatic rings. The van der Waals surface area contributed by atoms with Gasteiger partial charge in [-0.2, -0.15) is 5.10 Å². The van der Waals surface area contributed by atoms with Gasteiger partial charge in [-0.3, -0.25) is 9.59 Å². The molecule has 0 spiro atoms. The maximum absolute atomic E-state index is 12.2. The van der Waals surface area contributed by atoms with Gasteiger partial charge in [0.15, 0.2) is 11.5 Å². The Hall–Kier alpha value is -2.77. The number of halogens is 2. The first-order valence-corrected chi connectivity index (χ1v) is 8.90. The molecule has 0 saturated carbocycles. The lowest BCUT2D eigenvalue weighted by atomic mass is 10.2. The van der Waals surface area contributed by atoms with Crippen LogP contribution in [0.15, 0.2) is 41.5 Å². The lowest BCUT2D eigenvalue weighted by molar-refractivity contribution is -0.115. The van der Waals surface area contributed by atoms with Crippen molar-refractivity contribution in [1.29, 1.82) is 0 Å². The van der Waals surface area contributed by atoms with E-state index in [1.165, 1.54) is 26.4 Å². The summed E-state index contributed by atoms with van der Waals surface area (Å²) in [5, 5.41) is 7.41. The van der Waals surface area contributed by atoms with E-state index < -0.39 is 5.91 Å². The number of ether oxygens (including phenoxy) is 2. The fourth-order valence-corrected chi connectivity index (χ4v) is 2.70. The first kappa shape index (κ1) is 21.5. The SMILES string of the molecule is COc1ccc(C(=O)NN=C(C)CC(=O)Nc2ccc(Cl)cc2Cl)cc1OC. The number of methoxy groups -OCH3 is 2. The summed E-state index contributed by atoms with van der Waals surface area (Å²) in [6.07, 6.45) is -0.0226. The van der Waals surface area contributed by atoms with Crippen molar-refractivity contribution in [3.63, 3.8) is 0 Å². The molecule has 0 fully saturated rings. The van der Waals surface area contributed by atoms with Crippen LogP contribution in [-0.2, 0) is 4.79 Å². The molecule has 2 aromatic carbocycles. The molecule has 2 rings (SSSR count). The molecule has 2 N–H and O–H groups in total. The third-order valence-electron chi connectivity index (χ3n) is 3.62. The summed E-state index contributed by atoms with van der Waals surface area (Å²) < 4.78 is 10.3. The van der Waals surface area contributed by atoms with Crippen LogP contribution in [0, 0.1) is 0 Å². The van der Waals surface area contributed by atoms with Crippen LogP contribution in [-0.4, -0.2) is 31.7 Å². The molecule has 28 heavy (non-hydrogen) atoms. The van der Waals surface area contributed by atoms with Crippen LogP contribution >= 0.6 is 23.2 Å². The molecule has 0 bridgehead atoms. The zero-order chi connectivity index (χ0) is 20.7. The van der Waals surface area contributed by atoms with Gasteiger partial charge in [-0.15, -0.1) is 0 Å². The summed E-state index contributed by atoms with van der Waals surface area (Å²) >= 11 is 11.8. The average Bonchev–Trinajstić information content (AvgIpc) is 2.67.